The zero-order chi connectivity index (χ0) is 15.3. The number of rotatable bonds is 12. The number of nitrogens with one attached hydrogen (secondary N) is 2. The van der Waals surface area contributed by atoms with Gasteiger partial charge in [-0.05, 0) is 44.5 Å². The first-order chi connectivity index (χ1) is 10.3. The summed E-state index contributed by atoms with van der Waals surface area (Å²) in [5.41, 5.74) is 1.14. The first-order valence-corrected chi connectivity index (χ1v) is 8.05. The van der Waals surface area contributed by atoms with Crippen LogP contribution in [0.1, 0.15) is 32.3 Å². The van der Waals surface area contributed by atoms with Crippen LogP contribution in [0.5, 0.6) is 11.5 Å². The molecule has 21 heavy (non-hydrogen) atoms. The second-order valence-electron chi connectivity index (χ2n) is 5.12. The number of hydrogen-bond acceptors (Lipinski definition) is 4. The van der Waals surface area contributed by atoms with Crippen molar-refractivity contribution in [2.75, 3.05) is 39.4 Å². The Morgan fingerprint density at radius 3 is 2.10 bits per heavy atom. The van der Waals surface area contributed by atoms with Gasteiger partial charge in [0.05, 0.1) is 0 Å². The van der Waals surface area contributed by atoms with Gasteiger partial charge in [-0.25, -0.2) is 0 Å². The molecule has 0 fully saturated rings. The number of aryl methyl sites for hydroxylation is 1. The molecular formula is C17H30N2O2. The Bertz CT molecular complexity index is 383. The molecule has 2 N–H and O–H groups in total. The molecule has 1 aromatic rings. The van der Waals surface area contributed by atoms with E-state index in [-0.39, 0.29) is 0 Å². The summed E-state index contributed by atoms with van der Waals surface area (Å²) in [5, 5.41) is 6.65. The molecule has 4 nitrogen and oxygen atoms in total. The lowest BCUT2D eigenvalue weighted by Crippen LogP contribution is -2.22. The second kappa shape index (κ2) is 11.4. The fourth-order valence-electron chi connectivity index (χ4n) is 1.90. The van der Waals surface area contributed by atoms with Gasteiger partial charge in [0.2, 0.25) is 0 Å². The average molecular weight is 294 g/mol. The van der Waals surface area contributed by atoms with Gasteiger partial charge < -0.3 is 20.1 Å². The van der Waals surface area contributed by atoms with Crippen molar-refractivity contribution in [3.05, 3.63) is 23.8 Å². The molecule has 1 rings (SSSR count). The van der Waals surface area contributed by atoms with Crippen LogP contribution in [0.3, 0.4) is 0 Å². The predicted molar refractivity (Wildman–Crippen MR) is 88.5 cm³/mol. The van der Waals surface area contributed by atoms with Crippen molar-refractivity contribution in [1.82, 2.24) is 10.6 Å². The van der Waals surface area contributed by atoms with Crippen LogP contribution in [-0.2, 0) is 0 Å². The van der Waals surface area contributed by atoms with E-state index in [0.29, 0.717) is 13.2 Å². The molecule has 0 aliphatic rings. The molecule has 0 aromatic heterocycles. The fraction of sp³-hybridized carbons (Fsp3) is 0.647. The molecular weight excluding hydrogens is 264 g/mol. The molecule has 1 aromatic carbocycles. The lowest BCUT2D eigenvalue weighted by atomic mass is 10.2. The summed E-state index contributed by atoms with van der Waals surface area (Å²) in [6.07, 6.45) is 2.29. The summed E-state index contributed by atoms with van der Waals surface area (Å²) in [4.78, 5) is 0. The van der Waals surface area contributed by atoms with Crippen molar-refractivity contribution >= 4 is 0 Å². The summed E-state index contributed by atoms with van der Waals surface area (Å²) in [6, 6.07) is 6.02. The summed E-state index contributed by atoms with van der Waals surface area (Å²) in [6.45, 7) is 11.6. The Hall–Kier alpha value is -1.26. The highest BCUT2D eigenvalue weighted by molar-refractivity contribution is 5.39. The Balaban J connectivity index is 2.33. The van der Waals surface area contributed by atoms with E-state index in [1.54, 1.807) is 0 Å². The van der Waals surface area contributed by atoms with E-state index in [1.807, 2.05) is 18.2 Å². The van der Waals surface area contributed by atoms with Gasteiger partial charge >= 0.3 is 0 Å². The Morgan fingerprint density at radius 2 is 1.48 bits per heavy atom. The third-order valence-electron chi connectivity index (χ3n) is 3.10. The van der Waals surface area contributed by atoms with Gasteiger partial charge in [0, 0.05) is 19.2 Å². The fourth-order valence-corrected chi connectivity index (χ4v) is 1.90. The van der Waals surface area contributed by atoms with E-state index in [9.17, 15) is 0 Å². The van der Waals surface area contributed by atoms with Crippen molar-refractivity contribution < 1.29 is 9.47 Å². The Morgan fingerprint density at radius 1 is 0.857 bits per heavy atom. The summed E-state index contributed by atoms with van der Waals surface area (Å²) in [5.74, 6) is 1.78. The normalized spacial score (nSPS) is 10.6. The average Bonchev–Trinajstić information content (AvgIpc) is 2.49. The second-order valence-corrected chi connectivity index (χ2v) is 5.12. The van der Waals surface area contributed by atoms with E-state index < -0.39 is 0 Å². The van der Waals surface area contributed by atoms with Crippen molar-refractivity contribution in [3.8, 4) is 11.5 Å². The zero-order valence-corrected chi connectivity index (χ0v) is 13.7. The van der Waals surface area contributed by atoms with Crippen LogP contribution in [0.2, 0.25) is 0 Å². The van der Waals surface area contributed by atoms with Gasteiger partial charge in [0.15, 0.2) is 0 Å². The van der Waals surface area contributed by atoms with Gasteiger partial charge in [0.25, 0.3) is 0 Å². The van der Waals surface area contributed by atoms with Crippen LogP contribution in [-0.4, -0.2) is 39.4 Å². The highest BCUT2D eigenvalue weighted by Crippen LogP contribution is 2.24. The van der Waals surface area contributed by atoms with Gasteiger partial charge in [-0.3, -0.25) is 0 Å². The van der Waals surface area contributed by atoms with Gasteiger partial charge in [-0.1, -0.05) is 19.9 Å². The molecule has 0 atom stereocenters. The first kappa shape index (κ1) is 17.8. The van der Waals surface area contributed by atoms with Gasteiger partial charge in [-0.15, -0.1) is 0 Å². The molecule has 0 heterocycles. The SMILES string of the molecule is CCCNCCOc1ccc(C)c(OCCNCCC)c1. The molecule has 0 aliphatic heterocycles. The number of benzene rings is 1. The van der Waals surface area contributed by atoms with Crippen LogP contribution < -0.4 is 20.1 Å². The van der Waals surface area contributed by atoms with Crippen molar-refractivity contribution in [2.24, 2.45) is 0 Å². The maximum atomic E-state index is 5.81. The lowest BCUT2D eigenvalue weighted by molar-refractivity contribution is 0.298. The van der Waals surface area contributed by atoms with Crippen LogP contribution in [0, 0.1) is 6.92 Å². The molecule has 120 valence electrons. The van der Waals surface area contributed by atoms with Crippen LogP contribution >= 0.6 is 0 Å². The standard InChI is InChI=1S/C17H30N2O2/c1-4-8-18-10-12-20-16-7-6-15(3)17(14-16)21-13-11-19-9-5-2/h6-7,14,18-19H,4-5,8-13H2,1-3H3. The molecule has 0 saturated carbocycles. The maximum Gasteiger partial charge on any atom is 0.125 e. The minimum Gasteiger partial charge on any atom is -0.492 e. The van der Waals surface area contributed by atoms with E-state index in [1.165, 1.54) is 0 Å². The first-order valence-electron chi connectivity index (χ1n) is 8.05. The molecule has 0 bridgehead atoms. The topological polar surface area (TPSA) is 42.5 Å². The van der Waals surface area contributed by atoms with Crippen LogP contribution in [0.15, 0.2) is 18.2 Å². The lowest BCUT2D eigenvalue weighted by Gasteiger charge is -2.12. The van der Waals surface area contributed by atoms with Crippen molar-refractivity contribution in [3.63, 3.8) is 0 Å². The van der Waals surface area contributed by atoms with E-state index in [0.717, 1.165) is 56.1 Å². The highest BCUT2D eigenvalue weighted by atomic mass is 16.5. The number of hydrogen-bond donors (Lipinski definition) is 2. The minimum absolute atomic E-state index is 0.681. The van der Waals surface area contributed by atoms with E-state index in [4.69, 9.17) is 9.47 Å². The quantitative estimate of drug-likeness (QED) is 0.582. The third-order valence-corrected chi connectivity index (χ3v) is 3.10. The van der Waals surface area contributed by atoms with Gasteiger partial charge in [0.1, 0.15) is 24.7 Å². The smallest absolute Gasteiger partial charge is 0.125 e. The zero-order valence-electron chi connectivity index (χ0n) is 13.7. The van der Waals surface area contributed by atoms with E-state index in [2.05, 4.69) is 31.4 Å². The molecule has 0 radical (unpaired) electrons. The maximum absolute atomic E-state index is 5.81. The Labute approximate surface area is 129 Å². The predicted octanol–water partition coefficient (Wildman–Crippen LogP) is 2.75. The van der Waals surface area contributed by atoms with Crippen molar-refractivity contribution in [2.45, 2.75) is 33.6 Å². The molecule has 0 unspecified atom stereocenters. The van der Waals surface area contributed by atoms with E-state index >= 15 is 0 Å². The molecule has 4 heteroatoms. The third kappa shape index (κ3) is 7.93. The highest BCUT2D eigenvalue weighted by Gasteiger charge is 2.02. The summed E-state index contributed by atoms with van der Waals surface area (Å²) < 4.78 is 11.5. The minimum atomic E-state index is 0.681. The largest absolute Gasteiger partial charge is 0.492 e. The van der Waals surface area contributed by atoms with Crippen molar-refractivity contribution in [1.29, 1.82) is 0 Å². The van der Waals surface area contributed by atoms with Crippen LogP contribution in [0.4, 0.5) is 0 Å². The van der Waals surface area contributed by atoms with Crippen LogP contribution in [0.25, 0.3) is 0 Å². The molecule has 0 aliphatic carbocycles. The molecule has 0 spiro atoms. The van der Waals surface area contributed by atoms with Gasteiger partial charge in [-0.2, -0.15) is 0 Å². The Kier molecular flexibility index (Phi) is 9.66. The molecule has 0 saturated heterocycles. The summed E-state index contributed by atoms with van der Waals surface area (Å²) in [7, 11) is 0. The molecule has 0 amide bonds. The monoisotopic (exact) mass is 294 g/mol. The summed E-state index contributed by atoms with van der Waals surface area (Å²) >= 11 is 0. The number of ether oxygens (including phenoxy) is 2.